The minimum atomic E-state index is -3.47. The van der Waals surface area contributed by atoms with E-state index in [1.165, 1.54) is 4.31 Å². The number of carbonyl (C=O) groups excluding carboxylic acids is 1. The molecule has 1 fully saturated rings. The van der Waals surface area contributed by atoms with E-state index in [9.17, 15) is 13.2 Å². The monoisotopic (exact) mass is 474 g/mol. The van der Waals surface area contributed by atoms with Crippen LogP contribution in [0, 0.1) is 6.92 Å². The van der Waals surface area contributed by atoms with Crippen LogP contribution in [0.5, 0.6) is 0 Å². The van der Waals surface area contributed by atoms with E-state index in [0.717, 1.165) is 18.4 Å². The highest BCUT2D eigenvalue weighted by Crippen LogP contribution is 2.24. The van der Waals surface area contributed by atoms with Crippen LogP contribution in [0.4, 0.5) is 5.69 Å². The van der Waals surface area contributed by atoms with Crippen molar-refractivity contribution in [3.05, 3.63) is 58.9 Å². The van der Waals surface area contributed by atoms with E-state index in [2.05, 4.69) is 15.5 Å². The maximum atomic E-state index is 12.6. The molecule has 0 aliphatic carbocycles. The average Bonchev–Trinajstić information content (AvgIpc) is 3.48. The van der Waals surface area contributed by atoms with Gasteiger partial charge in [0, 0.05) is 42.2 Å². The predicted molar refractivity (Wildman–Crippen MR) is 121 cm³/mol. The molecule has 1 aromatic heterocycles. The van der Waals surface area contributed by atoms with E-state index in [0.29, 0.717) is 41.1 Å². The van der Waals surface area contributed by atoms with Crippen molar-refractivity contribution in [1.82, 2.24) is 14.4 Å². The Bertz CT molecular complexity index is 1220. The van der Waals surface area contributed by atoms with Crippen LogP contribution in [-0.4, -0.2) is 41.9 Å². The molecule has 0 atom stereocenters. The quantitative estimate of drug-likeness (QED) is 0.553. The lowest BCUT2D eigenvalue weighted by Crippen LogP contribution is -2.27. The summed E-state index contributed by atoms with van der Waals surface area (Å²) in [6.45, 7) is 3.00. The molecule has 0 spiro atoms. The van der Waals surface area contributed by atoms with E-state index in [1.807, 2.05) is 13.0 Å². The Morgan fingerprint density at radius 2 is 1.88 bits per heavy atom. The second kappa shape index (κ2) is 9.40. The molecule has 32 heavy (non-hydrogen) atoms. The highest BCUT2D eigenvalue weighted by Gasteiger charge is 2.27. The first-order valence-corrected chi connectivity index (χ1v) is 12.1. The lowest BCUT2D eigenvalue weighted by Gasteiger charge is -2.15. The number of hydrogen-bond acceptors (Lipinski definition) is 6. The molecule has 1 amide bonds. The van der Waals surface area contributed by atoms with E-state index < -0.39 is 10.0 Å². The molecule has 0 unspecified atom stereocenters. The second-order valence-electron chi connectivity index (χ2n) is 7.65. The molecule has 0 saturated carbocycles. The maximum Gasteiger partial charge on any atom is 0.243 e. The lowest BCUT2D eigenvalue weighted by molar-refractivity contribution is -0.116. The minimum Gasteiger partial charge on any atom is -0.339 e. The van der Waals surface area contributed by atoms with Crippen LogP contribution in [0.15, 0.2) is 51.9 Å². The van der Waals surface area contributed by atoms with Gasteiger partial charge in [-0.2, -0.15) is 9.29 Å². The zero-order valence-corrected chi connectivity index (χ0v) is 19.1. The Balaban J connectivity index is 1.37. The van der Waals surface area contributed by atoms with E-state index >= 15 is 0 Å². The first-order chi connectivity index (χ1) is 15.3. The number of anilines is 1. The largest absolute Gasteiger partial charge is 0.339 e. The summed E-state index contributed by atoms with van der Waals surface area (Å²) in [6, 6.07) is 11.7. The second-order valence-corrected chi connectivity index (χ2v) is 10.0. The number of rotatable bonds is 7. The Hall–Kier alpha value is -2.75. The van der Waals surface area contributed by atoms with Gasteiger partial charge in [0.25, 0.3) is 0 Å². The SMILES string of the molecule is Cc1ccc(Cl)cc1NC(=O)CCc1nc(-c2ccc(S(=O)(=O)N3CCCC3)cc2)no1. The normalized spacial score (nSPS) is 14.6. The summed E-state index contributed by atoms with van der Waals surface area (Å²) >= 11 is 5.98. The number of nitrogens with one attached hydrogen (secondary N) is 1. The average molecular weight is 475 g/mol. The fraction of sp³-hybridized carbons (Fsp3) is 0.318. The van der Waals surface area contributed by atoms with Crippen LogP contribution in [0.3, 0.4) is 0 Å². The van der Waals surface area contributed by atoms with Gasteiger partial charge in [-0.1, -0.05) is 22.8 Å². The molecule has 3 aromatic rings. The van der Waals surface area contributed by atoms with Crippen molar-refractivity contribution >= 4 is 33.2 Å². The Morgan fingerprint density at radius 3 is 2.59 bits per heavy atom. The van der Waals surface area contributed by atoms with Crippen molar-refractivity contribution in [2.75, 3.05) is 18.4 Å². The number of nitrogens with zero attached hydrogens (tertiary/aromatic N) is 3. The predicted octanol–water partition coefficient (Wildman–Crippen LogP) is 4.05. The molecule has 4 rings (SSSR count). The zero-order valence-electron chi connectivity index (χ0n) is 17.5. The molecule has 1 aliphatic rings. The van der Waals surface area contributed by atoms with Crippen molar-refractivity contribution in [3.8, 4) is 11.4 Å². The Labute approximate surface area is 191 Å². The first-order valence-electron chi connectivity index (χ1n) is 10.3. The van der Waals surface area contributed by atoms with Crippen molar-refractivity contribution in [1.29, 1.82) is 0 Å². The minimum absolute atomic E-state index is 0.167. The number of aryl methyl sites for hydroxylation is 2. The molecule has 8 nitrogen and oxygen atoms in total. The van der Waals surface area contributed by atoms with Gasteiger partial charge in [0.2, 0.25) is 27.6 Å². The lowest BCUT2D eigenvalue weighted by atomic mass is 10.2. The highest BCUT2D eigenvalue weighted by atomic mass is 35.5. The van der Waals surface area contributed by atoms with Gasteiger partial charge >= 0.3 is 0 Å². The third-order valence-corrected chi connectivity index (χ3v) is 7.47. The summed E-state index contributed by atoms with van der Waals surface area (Å²) in [6.07, 6.45) is 2.22. The van der Waals surface area contributed by atoms with Gasteiger partial charge in [0.15, 0.2) is 0 Å². The van der Waals surface area contributed by atoms with Gasteiger partial charge in [-0.05, 0) is 61.7 Å². The van der Waals surface area contributed by atoms with Crippen molar-refractivity contribution < 1.29 is 17.7 Å². The summed E-state index contributed by atoms with van der Waals surface area (Å²) in [4.78, 5) is 16.8. The fourth-order valence-electron chi connectivity index (χ4n) is 3.49. The molecule has 2 heterocycles. The third kappa shape index (κ3) is 5.01. The number of sulfonamides is 1. The molecule has 1 aliphatic heterocycles. The zero-order chi connectivity index (χ0) is 22.7. The Kier molecular flexibility index (Phi) is 6.59. The molecular formula is C22H23ClN4O4S. The van der Waals surface area contributed by atoms with E-state index in [1.54, 1.807) is 36.4 Å². The van der Waals surface area contributed by atoms with Crippen molar-refractivity contribution in [2.24, 2.45) is 0 Å². The van der Waals surface area contributed by atoms with Gasteiger partial charge in [0.1, 0.15) is 0 Å². The van der Waals surface area contributed by atoms with Crippen LogP contribution >= 0.6 is 11.6 Å². The molecule has 168 valence electrons. The third-order valence-electron chi connectivity index (χ3n) is 5.32. The fourth-order valence-corrected chi connectivity index (χ4v) is 5.18. The van der Waals surface area contributed by atoms with Gasteiger partial charge in [-0.25, -0.2) is 8.42 Å². The molecule has 0 radical (unpaired) electrons. The van der Waals surface area contributed by atoms with Crippen LogP contribution in [0.1, 0.15) is 30.7 Å². The van der Waals surface area contributed by atoms with E-state index in [-0.39, 0.29) is 23.6 Å². The summed E-state index contributed by atoms with van der Waals surface area (Å²) < 4.78 is 32.0. The number of halogens is 1. The molecule has 1 saturated heterocycles. The number of benzene rings is 2. The van der Waals surface area contributed by atoms with Crippen molar-refractivity contribution in [3.63, 3.8) is 0 Å². The molecule has 10 heteroatoms. The number of hydrogen-bond donors (Lipinski definition) is 1. The summed E-state index contributed by atoms with van der Waals surface area (Å²) in [7, 11) is -3.47. The molecule has 2 aromatic carbocycles. The smallest absolute Gasteiger partial charge is 0.243 e. The topological polar surface area (TPSA) is 105 Å². The number of amides is 1. The first kappa shape index (κ1) is 22.4. The van der Waals surface area contributed by atoms with Gasteiger partial charge in [-0.3, -0.25) is 4.79 Å². The molecular weight excluding hydrogens is 452 g/mol. The number of carbonyl (C=O) groups is 1. The van der Waals surface area contributed by atoms with Gasteiger partial charge < -0.3 is 9.84 Å². The van der Waals surface area contributed by atoms with Crippen LogP contribution in [-0.2, 0) is 21.2 Å². The highest BCUT2D eigenvalue weighted by molar-refractivity contribution is 7.89. The van der Waals surface area contributed by atoms with Crippen molar-refractivity contribution in [2.45, 2.75) is 37.5 Å². The van der Waals surface area contributed by atoms with Gasteiger partial charge in [-0.15, -0.1) is 0 Å². The standard InChI is InChI=1S/C22H23ClN4O4S/c1-15-4-7-17(23)14-19(15)24-20(28)10-11-21-25-22(26-31-21)16-5-8-18(9-6-16)32(29,30)27-12-2-3-13-27/h4-9,14H,2-3,10-13H2,1H3,(H,24,28). The van der Waals surface area contributed by atoms with Crippen LogP contribution in [0.25, 0.3) is 11.4 Å². The van der Waals surface area contributed by atoms with E-state index in [4.69, 9.17) is 16.1 Å². The Morgan fingerprint density at radius 1 is 1.16 bits per heavy atom. The summed E-state index contributed by atoms with van der Waals surface area (Å²) in [5.41, 5.74) is 2.22. The summed E-state index contributed by atoms with van der Waals surface area (Å²) in [5.74, 6) is 0.481. The summed E-state index contributed by atoms with van der Waals surface area (Å²) in [5, 5.41) is 7.33. The molecule has 0 bridgehead atoms. The van der Waals surface area contributed by atoms with Crippen LogP contribution < -0.4 is 5.32 Å². The number of aromatic nitrogens is 2. The van der Waals surface area contributed by atoms with Crippen LogP contribution in [0.2, 0.25) is 5.02 Å². The van der Waals surface area contributed by atoms with Gasteiger partial charge in [0.05, 0.1) is 4.90 Å². The maximum absolute atomic E-state index is 12.6. The molecule has 1 N–H and O–H groups in total.